The molecule has 1 rings (SSSR count). The van der Waals surface area contributed by atoms with Crippen LogP contribution in [-0.4, -0.2) is 20.0 Å². The number of carbonyl (C=O) groups is 1. The molecule has 0 bridgehead atoms. The molecule has 1 aromatic rings. The summed E-state index contributed by atoms with van der Waals surface area (Å²) in [4.78, 5) is 11.4. The van der Waals surface area contributed by atoms with Crippen LogP contribution in [0, 0.1) is 0 Å². The van der Waals surface area contributed by atoms with Crippen LogP contribution < -0.4 is 9.47 Å². The van der Waals surface area contributed by atoms with E-state index in [1.807, 2.05) is 6.07 Å². The largest absolute Gasteiger partial charge is 0.497 e. The number of methoxy groups -OCH3 is 2. The van der Waals surface area contributed by atoms with Crippen LogP contribution >= 0.6 is 0 Å². The van der Waals surface area contributed by atoms with Gasteiger partial charge in [0.1, 0.15) is 11.5 Å². The van der Waals surface area contributed by atoms with Crippen molar-refractivity contribution in [3.8, 4) is 11.5 Å². The van der Waals surface area contributed by atoms with Gasteiger partial charge in [0.15, 0.2) is 5.78 Å². The van der Waals surface area contributed by atoms with E-state index in [4.69, 9.17) is 9.47 Å². The minimum Gasteiger partial charge on any atom is -0.497 e. The van der Waals surface area contributed by atoms with Crippen molar-refractivity contribution < 1.29 is 14.3 Å². The molecule has 0 aliphatic rings. The molecule has 1 aromatic carbocycles. The highest BCUT2D eigenvalue weighted by molar-refractivity contribution is 5.91. The molecule has 0 spiro atoms. The van der Waals surface area contributed by atoms with Crippen LogP contribution in [0.4, 0.5) is 0 Å². The van der Waals surface area contributed by atoms with E-state index < -0.39 is 0 Å². The Balaban J connectivity index is 2.95. The number of hydrogen-bond acceptors (Lipinski definition) is 3. The Bertz CT molecular complexity index is 429. The first kappa shape index (κ1) is 12.1. The third kappa shape index (κ3) is 3.01. The van der Waals surface area contributed by atoms with Crippen molar-refractivity contribution in [1.29, 1.82) is 0 Å². The third-order valence-electron chi connectivity index (χ3n) is 2.12. The second-order valence-corrected chi connectivity index (χ2v) is 3.17. The molecular weight excluding hydrogens is 204 g/mol. The summed E-state index contributed by atoms with van der Waals surface area (Å²) in [6.45, 7) is 3.36. The van der Waals surface area contributed by atoms with Crippen molar-refractivity contribution in [1.82, 2.24) is 0 Å². The van der Waals surface area contributed by atoms with Gasteiger partial charge < -0.3 is 9.47 Å². The van der Waals surface area contributed by atoms with Gasteiger partial charge >= 0.3 is 0 Å². The Morgan fingerprint density at radius 3 is 2.75 bits per heavy atom. The molecule has 3 nitrogen and oxygen atoms in total. The molecule has 0 heterocycles. The number of carbonyl (C=O) groups excluding carboxylic acids is 1. The molecule has 0 aliphatic carbocycles. The lowest BCUT2D eigenvalue weighted by Crippen LogP contribution is -2.01. The SMILES string of the molecule is C=C=CC(=O)Cc1ccc(OC)cc1OC. The molecule has 0 aromatic heterocycles. The van der Waals surface area contributed by atoms with E-state index in [1.165, 1.54) is 6.08 Å². The highest BCUT2D eigenvalue weighted by Gasteiger charge is 2.07. The number of ether oxygens (including phenoxy) is 2. The standard InChI is InChI=1S/C13H14O3/c1-4-5-11(14)8-10-6-7-12(15-2)9-13(10)16-3/h5-7,9H,1,8H2,2-3H3. The summed E-state index contributed by atoms with van der Waals surface area (Å²) in [6, 6.07) is 5.36. The normalized spacial score (nSPS) is 9.12. The molecule has 0 fully saturated rings. The average molecular weight is 218 g/mol. The van der Waals surface area contributed by atoms with Crippen molar-refractivity contribution >= 4 is 5.78 Å². The topological polar surface area (TPSA) is 35.5 Å². The lowest BCUT2D eigenvalue weighted by atomic mass is 10.1. The van der Waals surface area contributed by atoms with Crippen molar-refractivity contribution in [2.24, 2.45) is 0 Å². The number of rotatable bonds is 5. The van der Waals surface area contributed by atoms with Crippen LogP contribution in [0.15, 0.2) is 36.6 Å². The summed E-state index contributed by atoms with van der Waals surface area (Å²) >= 11 is 0. The van der Waals surface area contributed by atoms with Crippen molar-refractivity contribution in [2.45, 2.75) is 6.42 Å². The number of allylic oxidation sites excluding steroid dienone is 1. The summed E-state index contributed by atoms with van der Waals surface area (Å²) in [7, 11) is 3.14. The Labute approximate surface area is 95.0 Å². The smallest absolute Gasteiger partial charge is 0.167 e. The molecule has 0 aliphatic heterocycles. The molecular formula is C13H14O3. The van der Waals surface area contributed by atoms with Crippen LogP contribution in [0.3, 0.4) is 0 Å². The quantitative estimate of drug-likeness (QED) is 0.561. The van der Waals surface area contributed by atoms with Gasteiger partial charge in [0.2, 0.25) is 0 Å². The average Bonchev–Trinajstić information content (AvgIpc) is 2.30. The molecule has 3 heteroatoms. The van der Waals surface area contributed by atoms with Crippen molar-refractivity contribution in [3.05, 3.63) is 42.1 Å². The molecule has 0 saturated heterocycles. The van der Waals surface area contributed by atoms with Crippen LogP contribution in [0.25, 0.3) is 0 Å². The molecule has 0 amide bonds. The highest BCUT2D eigenvalue weighted by atomic mass is 16.5. The first-order valence-electron chi connectivity index (χ1n) is 4.80. The monoisotopic (exact) mass is 218 g/mol. The maximum absolute atomic E-state index is 11.4. The van der Waals surface area contributed by atoms with Gasteiger partial charge in [-0.15, -0.1) is 5.73 Å². The first-order chi connectivity index (χ1) is 7.71. The molecule has 0 N–H and O–H groups in total. The molecule has 0 saturated carbocycles. The Morgan fingerprint density at radius 2 is 2.19 bits per heavy atom. The highest BCUT2D eigenvalue weighted by Crippen LogP contribution is 2.24. The van der Waals surface area contributed by atoms with E-state index in [0.29, 0.717) is 11.5 Å². The van der Waals surface area contributed by atoms with Gasteiger partial charge in [-0.3, -0.25) is 4.79 Å². The van der Waals surface area contributed by atoms with Crippen LogP contribution in [0.1, 0.15) is 5.56 Å². The van der Waals surface area contributed by atoms with Crippen LogP contribution in [-0.2, 0) is 11.2 Å². The van der Waals surface area contributed by atoms with E-state index >= 15 is 0 Å². The summed E-state index contributed by atoms with van der Waals surface area (Å²) in [6.07, 6.45) is 1.60. The van der Waals surface area contributed by atoms with Gasteiger partial charge in [-0.1, -0.05) is 12.6 Å². The van der Waals surface area contributed by atoms with E-state index in [9.17, 15) is 4.79 Å². The number of benzene rings is 1. The Hall–Kier alpha value is -1.99. The van der Waals surface area contributed by atoms with E-state index in [0.717, 1.165) is 5.56 Å². The fourth-order valence-electron chi connectivity index (χ4n) is 1.35. The zero-order valence-corrected chi connectivity index (χ0v) is 9.45. The minimum atomic E-state index is -0.0570. The fourth-order valence-corrected chi connectivity index (χ4v) is 1.35. The zero-order valence-electron chi connectivity index (χ0n) is 9.45. The minimum absolute atomic E-state index is 0.0570. The maximum Gasteiger partial charge on any atom is 0.167 e. The van der Waals surface area contributed by atoms with E-state index in [1.54, 1.807) is 26.4 Å². The second kappa shape index (κ2) is 5.79. The molecule has 84 valence electrons. The van der Waals surface area contributed by atoms with E-state index in [2.05, 4.69) is 12.3 Å². The molecule has 0 unspecified atom stereocenters. The summed E-state index contributed by atoms with van der Waals surface area (Å²) < 4.78 is 10.3. The van der Waals surface area contributed by atoms with Gasteiger partial charge in [-0.25, -0.2) is 0 Å². The fraction of sp³-hybridized carbons (Fsp3) is 0.231. The second-order valence-electron chi connectivity index (χ2n) is 3.17. The molecule has 0 radical (unpaired) electrons. The summed E-state index contributed by atoms with van der Waals surface area (Å²) in [5, 5.41) is 0. The Morgan fingerprint density at radius 1 is 1.44 bits per heavy atom. The number of hydrogen-bond donors (Lipinski definition) is 0. The predicted octanol–water partition coefficient (Wildman–Crippen LogP) is 2.16. The molecule has 16 heavy (non-hydrogen) atoms. The Kier molecular flexibility index (Phi) is 4.37. The lowest BCUT2D eigenvalue weighted by molar-refractivity contribution is -0.114. The van der Waals surface area contributed by atoms with Gasteiger partial charge in [0.05, 0.1) is 14.2 Å². The summed E-state index contributed by atoms with van der Waals surface area (Å²) in [5.41, 5.74) is 3.28. The zero-order chi connectivity index (χ0) is 12.0. The predicted molar refractivity (Wildman–Crippen MR) is 62.0 cm³/mol. The number of ketones is 1. The first-order valence-corrected chi connectivity index (χ1v) is 4.80. The van der Waals surface area contributed by atoms with Crippen LogP contribution in [0.2, 0.25) is 0 Å². The molecule has 0 atom stereocenters. The van der Waals surface area contributed by atoms with Gasteiger partial charge in [0.25, 0.3) is 0 Å². The lowest BCUT2D eigenvalue weighted by Gasteiger charge is -2.08. The van der Waals surface area contributed by atoms with E-state index in [-0.39, 0.29) is 12.2 Å². The third-order valence-corrected chi connectivity index (χ3v) is 2.12. The van der Waals surface area contributed by atoms with Gasteiger partial charge in [0, 0.05) is 24.1 Å². The van der Waals surface area contributed by atoms with Crippen LogP contribution in [0.5, 0.6) is 11.5 Å². The summed E-state index contributed by atoms with van der Waals surface area (Å²) in [5.74, 6) is 1.29. The van der Waals surface area contributed by atoms with Crippen molar-refractivity contribution in [3.63, 3.8) is 0 Å². The van der Waals surface area contributed by atoms with Gasteiger partial charge in [-0.2, -0.15) is 0 Å². The van der Waals surface area contributed by atoms with Crippen molar-refractivity contribution in [2.75, 3.05) is 14.2 Å². The van der Waals surface area contributed by atoms with Gasteiger partial charge in [-0.05, 0) is 6.07 Å². The maximum atomic E-state index is 11.4.